The van der Waals surface area contributed by atoms with Crippen molar-refractivity contribution in [2.75, 3.05) is 13.7 Å². The van der Waals surface area contributed by atoms with E-state index in [1.54, 1.807) is 25.1 Å². The number of rotatable bonds is 4. The molecule has 0 amide bonds. The summed E-state index contributed by atoms with van der Waals surface area (Å²) in [5.41, 5.74) is 0.468. The van der Waals surface area contributed by atoms with Crippen LogP contribution in [0.1, 0.15) is 12.5 Å². The van der Waals surface area contributed by atoms with E-state index in [9.17, 15) is 0 Å². The standard InChI is InChI=1S/C11H13NO3/c1-8(13)7-15-11-4-9(6-12)3-10(5-11)14-2/h3-5,8,13H,7H2,1-2H3/t8-/m0/s1. The minimum atomic E-state index is -0.540. The maximum absolute atomic E-state index is 9.05. The summed E-state index contributed by atoms with van der Waals surface area (Å²) < 4.78 is 10.3. The number of aliphatic hydroxyl groups is 1. The van der Waals surface area contributed by atoms with Crippen molar-refractivity contribution in [3.8, 4) is 17.6 Å². The SMILES string of the molecule is COc1cc(C#N)cc(OC[C@H](C)O)c1. The molecule has 1 rings (SSSR count). The van der Waals surface area contributed by atoms with Gasteiger partial charge in [-0.3, -0.25) is 0 Å². The number of ether oxygens (including phenoxy) is 2. The molecular weight excluding hydrogens is 194 g/mol. The first-order chi connectivity index (χ1) is 7.15. The summed E-state index contributed by atoms with van der Waals surface area (Å²) in [7, 11) is 1.52. The van der Waals surface area contributed by atoms with Gasteiger partial charge in [0.25, 0.3) is 0 Å². The van der Waals surface area contributed by atoms with E-state index in [1.807, 2.05) is 6.07 Å². The molecule has 0 spiro atoms. The van der Waals surface area contributed by atoms with E-state index in [2.05, 4.69) is 0 Å². The summed E-state index contributed by atoms with van der Waals surface area (Å²) in [5, 5.41) is 17.8. The topological polar surface area (TPSA) is 62.5 Å². The molecule has 4 nitrogen and oxygen atoms in total. The van der Waals surface area contributed by atoms with Crippen molar-refractivity contribution in [2.24, 2.45) is 0 Å². The van der Waals surface area contributed by atoms with Crippen molar-refractivity contribution in [3.05, 3.63) is 23.8 Å². The molecule has 0 radical (unpaired) electrons. The lowest BCUT2D eigenvalue weighted by Crippen LogP contribution is -2.12. The quantitative estimate of drug-likeness (QED) is 0.809. The molecule has 0 aliphatic rings. The molecule has 4 heteroatoms. The third-order valence-electron chi connectivity index (χ3n) is 1.74. The van der Waals surface area contributed by atoms with Crippen molar-refractivity contribution in [2.45, 2.75) is 13.0 Å². The second-order valence-electron chi connectivity index (χ2n) is 3.17. The van der Waals surface area contributed by atoms with E-state index in [-0.39, 0.29) is 6.61 Å². The third kappa shape index (κ3) is 3.49. The normalized spacial score (nSPS) is 11.6. The van der Waals surface area contributed by atoms with E-state index in [0.717, 1.165) is 0 Å². The van der Waals surface area contributed by atoms with Gasteiger partial charge in [-0.15, -0.1) is 0 Å². The van der Waals surface area contributed by atoms with Gasteiger partial charge in [-0.05, 0) is 19.1 Å². The summed E-state index contributed by atoms with van der Waals surface area (Å²) in [6, 6.07) is 6.90. The fourth-order valence-corrected chi connectivity index (χ4v) is 1.05. The van der Waals surface area contributed by atoms with Crippen LogP contribution in [-0.2, 0) is 0 Å². The van der Waals surface area contributed by atoms with Crippen molar-refractivity contribution in [1.82, 2.24) is 0 Å². The molecule has 0 saturated heterocycles. The Morgan fingerprint density at radius 1 is 1.40 bits per heavy atom. The summed E-state index contributed by atoms with van der Waals surface area (Å²) >= 11 is 0. The Hall–Kier alpha value is -1.73. The molecule has 1 N–H and O–H groups in total. The van der Waals surface area contributed by atoms with Crippen LogP contribution in [-0.4, -0.2) is 24.9 Å². The maximum atomic E-state index is 9.05. The molecule has 1 aromatic carbocycles. The zero-order valence-corrected chi connectivity index (χ0v) is 8.73. The van der Waals surface area contributed by atoms with Crippen molar-refractivity contribution >= 4 is 0 Å². The molecule has 0 aliphatic carbocycles. The molecule has 0 aromatic heterocycles. The zero-order valence-electron chi connectivity index (χ0n) is 8.73. The molecule has 0 fully saturated rings. The van der Waals surface area contributed by atoms with Gasteiger partial charge < -0.3 is 14.6 Å². The fourth-order valence-electron chi connectivity index (χ4n) is 1.05. The second-order valence-corrected chi connectivity index (χ2v) is 3.17. The lowest BCUT2D eigenvalue weighted by molar-refractivity contribution is 0.122. The van der Waals surface area contributed by atoms with E-state index in [0.29, 0.717) is 17.1 Å². The van der Waals surface area contributed by atoms with Gasteiger partial charge in [0.2, 0.25) is 0 Å². The Morgan fingerprint density at radius 3 is 2.60 bits per heavy atom. The monoisotopic (exact) mass is 207 g/mol. The first kappa shape index (κ1) is 11.3. The molecule has 15 heavy (non-hydrogen) atoms. The van der Waals surface area contributed by atoms with E-state index >= 15 is 0 Å². The fraction of sp³-hybridized carbons (Fsp3) is 0.364. The number of nitrogens with zero attached hydrogens (tertiary/aromatic N) is 1. The second kappa shape index (κ2) is 5.23. The van der Waals surface area contributed by atoms with Crippen molar-refractivity contribution in [3.63, 3.8) is 0 Å². The number of aliphatic hydroxyl groups excluding tert-OH is 1. The number of methoxy groups -OCH3 is 1. The van der Waals surface area contributed by atoms with Gasteiger partial charge in [0.1, 0.15) is 18.1 Å². The van der Waals surface area contributed by atoms with Crippen LogP contribution in [0.3, 0.4) is 0 Å². The Balaban J connectivity index is 2.83. The highest BCUT2D eigenvalue weighted by atomic mass is 16.5. The van der Waals surface area contributed by atoms with Gasteiger partial charge >= 0.3 is 0 Å². The zero-order chi connectivity index (χ0) is 11.3. The highest BCUT2D eigenvalue weighted by molar-refractivity contribution is 5.43. The number of benzene rings is 1. The average molecular weight is 207 g/mol. The largest absolute Gasteiger partial charge is 0.497 e. The smallest absolute Gasteiger partial charge is 0.124 e. The van der Waals surface area contributed by atoms with Gasteiger partial charge in [-0.25, -0.2) is 0 Å². The molecule has 0 aliphatic heterocycles. The predicted octanol–water partition coefficient (Wildman–Crippen LogP) is 1.33. The van der Waals surface area contributed by atoms with Crippen LogP contribution >= 0.6 is 0 Å². The van der Waals surface area contributed by atoms with E-state index in [1.165, 1.54) is 7.11 Å². The average Bonchev–Trinajstić information content (AvgIpc) is 2.25. The van der Waals surface area contributed by atoms with E-state index < -0.39 is 6.10 Å². The van der Waals surface area contributed by atoms with Crippen LogP contribution in [0.25, 0.3) is 0 Å². The Morgan fingerprint density at radius 2 is 2.07 bits per heavy atom. The highest BCUT2D eigenvalue weighted by Crippen LogP contribution is 2.22. The molecule has 1 atom stereocenters. The van der Waals surface area contributed by atoms with Crippen molar-refractivity contribution < 1.29 is 14.6 Å². The Kier molecular flexibility index (Phi) is 3.95. The van der Waals surface area contributed by atoms with Gasteiger partial charge in [0.05, 0.1) is 24.8 Å². The van der Waals surface area contributed by atoms with Crippen molar-refractivity contribution in [1.29, 1.82) is 5.26 Å². The lowest BCUT2D eigenvalue weighted by Gasteiger charge is -2.09. The highest BCUT2D eigenvalue weighted by Gasteiger charge is 2.03. The van der Waals surface area contributed by atoms with E-state index in [4.69, 9.17) is 19.8 Å². The molecule has 0 bridgehead atoms. The molecule has 0 heterocycles. The summed E-state index contributed by atoms with van der Waals surface area (Å²) in [4.78, 5) is 0. The van der Waals surface area contributed by atoms with Crippen LogP contribution in [0.2, 0.25) is 0 Å². The first-order valence-corrected chi connectivity index (χ1v) is 4.55. The van der Waals surface area contributed by atoms with Gasteiger partial charge in [0.15, 0.2) is 0 Å². The molecule has 0 saturated carbocycles. The minimum absolute atomic E-state index is 0.192. The summed E-state index contributed by atoms with van der Waals surface area (Å²) in [6.07, 6.45) is -0.540. The maximum Gasteiger partial charge on any atom is 0.124 e. The number of hydrogen-bond donors (Lipinski definition) is 1. The number of hydrogen-bond acceptors (Lipinski definition) is 4. The van der Waals surface area contributed by atoms with Crippen LogP contribution in [0.4, 0.5) is 0 Å². The minimum Gasteiger partial charge on any atom is -0.497 e. The first-order valence-electron chi connectivity index (χ1n) is 4.55. The van der Waals surface area contributed by atoms with Crippen LogP contribution in [0.5, 0.6) is 11.5 Å². The van der Waals surface area contributed by atoms with Gasteiger partial charge in [-0.1, -0.05) is 0 Å². The molecule has 0 unspecified atom stereocenters. The lowest BCUT2D eigenvalue weighted by atomic mass is 10.2. The third-order valence-corrected chi connectivity index (χ3v) is 1.74. The molecular formula is C11H13NO3. The molecule has 1 aromatic rings. The summed E-state index contributed by atoms with van der Waals surface area (Å²) in [6.45, 7) is 1.82. The van der Waals surface area contributed by atoms with Gasteiger partial charge in [-0.2, -0.15) is 5.26 Å². The molecule has 80 valence electrons. The van der Waals surface area contributed by atoms with Crippen LogP contribution in [0, 0.1) is 11.3 Å². The predicted molar refractivity (Wildman–Crippen MR) is 54.9 cm³/mol. The number of nitriles is 1. The van der Waals surface area contributed by atoms with Crippen LogP contribution in [0.15, 0.2) is 18.2 Å². The van der Waals surface area contributed by atoms with Crippen LogP contribution < -0.4 is 9.47 Å². The Labute approximate surface area is 88.7 Å². The Bertz CT molecular complexity index is 369. The van der Waals surface area contributed by atoms with Gasteiger partial charge in [0, 0.05) is 6.07 Å². The summed E-state index contributed by atoms with van der Waals surface area (Å²) in [5.74, 6) is 1.08.